The fraction of sp³-hybridized carbons (Fsp3) is 0.0714. The van der Waals surface area contributed by atoms with Crippen LogP contribution < -0.4 is 51.4 Å². The van der Waals surface area contributed by atoms with Gasteiger partial charge in [0.2, 0.25) is 0 Å². The van der Waals surface area contributed by atoms with Gasteiger partial charge in [0, 0.05) is 0 Å². The third-order valence-electron chi connectivity index (χ3n) is 2.22. The van der Waals surface area contributed by atoms with Crippen LogP contribution in [0.1, 0.15) is 11.1 Å². The Morgan fingerprint density at radius 3 is 1.87 bits per heavy atom. The number of benzene rings is 2. The molecule has 0 bridgehead atoms. The van der Waals surface area contributed by atoms with Crippen LogP contribution in [0.5, 0.6) is 0 Å². The fourth-order valence-corrected chi connectivity index (χ4v) is 1.44. The Labute approximate surface area is 134 Å². The third-order valence-corrected chi connectivity index (χ3v) is 2.22. The Bertz CT molecular complexity index is 328. The van der Waals surface area contributed by atoms with Crippen LogP contribution in [0.25, 0.3) is 0 Å². The second kappa shape index (κ2) is 7.26. The van der Waals surface area contributed by atoms with Crippen molar-refractivity contribution in [2.45, 2.75) is 6.42 Å². The molecule has 0 nitrogen and oxygen atoms in total. The molecular formula is C14H13K. The molecule has 70 valence electrons. The maximum Gasteiger partial charge on any atom is 1.00 e. The van der Waals surface area contributed by atoms with E-state index in [4.69, 9.17) is 0 Å². The molecule has 0 saturated heterocycles. The first-order valence-electron chi connectivity index (χ1n) is 4.87. The molecule has 0 aliphatic rings. The fourth-order valence-electron chi connectivity index (χ4n) is 1.44. The van der Waals surface area contributed by atoms with E-state index in [9.17, 15) is 0 Å². The SMILES string of the molecule is [K+].c1ccc([CH-]Cc2ccccc2)cc1. The molecule has 0 aromatic heterocycles. The van der Waals surface area contributed by atoms with Crippen molar-refractivity contribution in [2.75, 3.05) is 0 Å². The summed E-state index contributed by atoms with van der Waals surface area (Å²) in [5.41, 5.74) is 2.65. The molecule has 0 N–H and O–H groups in total. The first kappa shape index (κ1) is 13.0. The van der Waals surface area contributed by atoms with Crippen molar-refractivity contribution in [3.63, 3.8) is 0 Å². The summed E-state index contributed by atoms with van der Waals surface area (Å²) in [6.07, 6.45) is 3.25. The minimum Gasteiger partial charge on any atom is -0.192 e. The van der Waals surface area contributed by atoms with Crippen LogP contribution in [0.3, 0.4) is 0 Å². The van der Waals surface area contributed by atoms with Crippen molar-refractivity contribution in [3.8, 4) is 0 Å². The summed E-state index contributed by atoms with van der Waals surface area (Å²) >= 11 is 0. The summed E-state index contributed by atoms with van der Waals surface area (Å²) in [5, 5.41) is 0. The van der Waals surface area contributed by atoms with Crippen LogP contribution in [0.2, 0.25) is 0 Å². The monoisotopic (exact) mass is 220 g/mol. The minimum atomic E-state index is 0. The molecule has 0 aliphatic heterocycles. The summed E-state index contributed by atoms with van der Waals surface area (Å²) in [6.45, 7) is 0. The van der Waals surface area contributed by atoms with Crippen LogP contribution in [0, 0.1) is 6.42 Å². The molecular weight excluding hydrogens is 207 g/mol. The normalized spacial score (nSPS) is 9.07. The van der Waals surface area contributed by atoms with Gasteiger partial charge in [0.15, 0.2) is 0 Å². The Morgan fingerprint density at radius 1 is 0.733 bits per heavy atom. The van der Waals surface area contributed by atoms with E-state index >= 15 is 0 Å². The molecule has 0 atom stereocenters. The molecule has 0 radical (unpaired) electrons. The number of hydrogen-bond donors (Lipinski definition) is 0. The van der Waals surface area contributed by atoms with Gasteiger partial charge in [-0.25, -0.2) is 0 Å². The van der Waals surface area contributed by atoms with Crippen LogP contribution >= 0.6 is 0 Å². The zero-order chi connectivity index (χ0) is 9.64. The van der Waals surface area contributed by atoms with E-state index < -0.39 is 0 Å². The summed E-state index contributed by atoms with van der Waals surface area (Å²) in [7, 11) is 0. The summed E-state index contributed by atoms with van der Waals surface area (Å²) in [5.74, 6) is 0. The molecule has 0 fully saturated rings. The first-order valence-corrected chi connectivity index (χ1v) is 4.87. The van der Waals surface area contributed by atoms with E-state index in [2.05, 4.69) is 55.0 Å². The van der Waals surface area contributed by atoms with Gasteiger partial charge in [0.1, 0.15) is 0 Å². The van der Waals surface area contributed by atoms with Gasteiger partial charge in [-0.15, -0.1) is 12.1 Å². The van der Waals surface area contributed by atoms with E-state index in [0.29, 0.717) is 0 Å². The first-order chi connectivity index (χ1) is 6.95. The van der Waals surface area contributed by atoms with Crippen molar-refractivity contribution in [1.82, 2.24) is 0 Å². The minimum absolute atomic E-state index is 0. The van der Waals surface area contributed by atoms with Gasteiger partial charge < -0.3 is 0 Å². The van der Waals surface area contributed by atoms with Gasteiger partial charge in [-0.1, -0.05) is 48.4 Å². The Balaban J connectivity index is 0.00000112. The molecule has 0 saturated carbocycles. The van der Waals surface area contributed by atoms with Crippen molar-refractivity contribution in [1.29, 1.82) is 0 Å². The van der Waals surface area contributed by atoms with E-state index in [-0.39, 0.29) is 51.4 Å². The van der Waals surface area contributed by atoms with Crippen LogP contribution in [0.4, 0.5) is 0 Å². The average molecular weight is 220 g/mol. The van der Waals surface area contributed by atoms with Gasteiger partial charge in [0.05, 0.1) is 0 Å². The van der Waals surface area contributed by atoms with Gasteiger partial charge in [0.25, 0.3) is 0 Å². The molecule has 0 unspecified atom stereocenters. The Hall–Kier alpha value is -0.0536. The predicted molar refractivity (Wildman–Crippen MR) is 60.0 cm³/mol. The van der Waals surface area contributed by atoms with Crippen LogP contribution in [0.15, 0.2) is 60.7 Å². The van der Waals surface area contributed by atoms with E-state index in [1.807, 2.05) is 12.1 Å². The van der Waals surface area contributed by atoms with Gasteiger partial charge in [-0.3, -0.25) is 0 Å². The molecule has 2 aromatic carbocycles. The molecule has 0 amide bonds. The number of hydrogen-bond acceptors (Lipinski definition) is 0. The molecule has 2 rings (SSSR count). The Kier molecular flexibility index (Phi) is 6.30. The topological polar surface area (TPSA) is 0 Å². The van der Waals surface area contributed by atoms with Gasteiger partial charge >= 0.3 is 51.4 Å². The standard InChI is InChI=1S/C14H13.K/c1-3-7-13(8-4-1)11-12-14-9-5-2-6-10-14;/h1-11H,12H2;/q-1;+1. The molecule has 0 spiro atoms. The zero-order valence-corrected chi connectivity index (χ0v) is 12.2. The second-order valence-corrected chi connectivity index (χ2v) is 3.30. The van der Waals surface area contributed by atoms with Gasteiger partial charge in [-0.2, -0.15) is 24.1 Å². The second-order valence-electron chi connectivity index (χ2n) is 3.30. The molecule has 0 heterocycles. The van der Waals surface area contributed by atoms with Crippen molar-refractivity contribution < 1.29 is 51.4 Å². The number of rotatable bonds is 3. The van der Waals surface area contributed by atoms with E-state index in [0.717, 1.165) is 6.42 Å². The van der Waals surface area contributed by atoms with Gasteiger partial charge in [-0.05, 0) is 0 Å². The van der Waals surface area contributed by atoms with Crippen LogP contribution in [-0.4, -0.2) is 0 Å². The van der Waals surface area contributed by atoms with E-state index in [1.54, 1.807) is 0 Å². The Morgan fingerprint density at radius 2 is 1.27 bits per heavy atom. The molecule has 0 aliphatic carbocycles. The summed E-state index contributed by atoms with van der Waals surface area (Å²) < 4.78 is 0. The average Bonchev–Trinajstić information content (AvgIpc) is 2.29. The summed E-state index contributed by atoms with van der Waals surface area (Å²) in [6, 6.07) is 20.9. The molecule has 2 aromatic rings. The van der Waals surface area contributed by atoms with Crippen LogP contribution in [-0.2, 0) is 6.42 Å². The maximum absolute atomic E-state index is 2.25. The van der Waals surface area contributed by atoms with E-state index in [1.165, 1.54) is 11.1 Å². The summed E-state index contributed by atoms with van der Waals surface area (Å²) in [4.78, 5) is 0. The maximum atomic E-state index is 2.25. The quantitative estimate of drug-likeness (QED) is 0.521. The smallest absolute Gasteiger partial charge is 0.192 e. The predicted octanol–water partition coefficient (Wildman–Crippen LogP) is 0.486. The third kappa shape index (κ3) is 4.54. The van der Waals surface area contributed by atoms with Crippen molar-refractivity contribution in [2.24, 2.45) is 0 Å². The van der Waals surface area contributed by atoms with Crippen molar-refractivity contribution >= 4 is 0 Å². The van der Waals surface area contributed by atoms with Crippen molar-refractivity contribution in [3.05, 3.63) is 78.2 Å². The zero-order valence-electron chi connectivity index (χ0n) is 9.06. The molecule has 1 heteroatoms. The molecule has 15 heavy (non-hydrogen) atoms. The largest absolute Gasteiger partial charge is 1.00 e.